The Hall–Kier alpha value is -3.22. The van der Waals surface area contributed by atoms with Crippen LogP contribution in [0.1, 0.15) is 16.7 Å². The maximum Gasteiger partial charge on any atom is 0.295 e. The molecule has 0 fully saturated rings. The molecule has 0 bridgehead atoms. The molecule has 7 nitrogen and oxygen atoms in total. The van der Waals surface area contributed by atoms with Crippen molar-refractivity contribution in [1.29, 1.82) is 0 Å². The van der Waals surface area contributed by atoms with Gasteiger partial charge in [0.2, 0.25) is 6.41 Å². The quantitative estimate of drug-likeness (QED) is 0.386. The fourth-order valence-corrected chi connectivity index (χ4v) is 3.48. The summed E-state index contributed by atoms with van der Waals surface area (Å²) in [6.07, 6.45) is 2.38. The highest BCUT2D eigenvalue weighted by atomic mass is 16.6. The maximum atomic E-state index is 11.7. The van der Waals surface area contributed by atoms with Crippen LogP contribution in [-0.2, 0) is 11.3 Å². The molecule has 0 aliphatic rings. The summed E-state index contributed by atoms with van der Waals surface area (Å²) in [5.74, 6) is 0. The van der Waals surface area contributed by atoms with E-state index in [0.717, 1.165) is 28.8 Å². The Kier molecular flexibility index (Phi) is 4.71. The Morgan fingerprint density at radius 2 is 1.92 bits per heavy atom. The van der Waals surface area contributed by atoms with Gasteiger partial charge in [-0.1, -0.05) is 23.8 Å². The third-order valence-corrected chi connectivity index (χ3v) is 4.45. The molecule has 3 rings (SSSR count). The number of fused-ring (bicyclic) bond motifs is 1. The van der Waals surface area contributed by atoms with E-state index in [-0.39, 0.29) is 5.69 Å². The number of imidazole rings is 1. The summed E-state index contributed by atoms with van der Waals surface area (Å²) in [6.45, 7) is 6.77. The number of hydrogen-bond acceptors (Lipinski definition) is 4. The Balaban J connectivity index is 1.92. The minimum absolute atomic E-state index is 0.0142. The second-order valence-corrected chi connectivity index (χ2v) is 6.39. The van der Waals surface area contributed by atoms with Gasteiger partial charge >= 0.3 is 0 Å². The van der Waals surface area contributed by atoms with Crippen molar-refractivity contribution >= 4 is 28.8 Å². The van der Waals surface area contributed by atoms with Crippen molar-refractivity contribution in [2.24, 2.45) is 0 Å². The number of rotatable bonds is 6. The second kappa shape index (κ2) is 6.95. The van der Waals surface area contributed by atoms with Crippen molar-refractivity contribution in [3.8, 4) is 0 Å². The summed E-state index contributed by atoms with van der Waals surface area (Å²) < 4.78 is 1.73. The van der Waals surface area contributed by atoms with E-state index in [1.165, 1.54) is 6.07 Å². The van der Waals surface area contributed by atoms with Crippen molar-refractivity contribution in [3.05, 3.63) is 63.5 Å². The van der Waals surface area contributed by atoms with Crippen LogP contribution in [0.3, 0.4) is 0 Å². The largest absolute Gasteiger partial charge is 0.323 e. The fraction of sp³-hybridized carbons (Fsp3) is 0.263. The summed E-state index contributed by atoms with van der Waals surface area (Å²) in [5, 5.41) is 11.3. The van der Waals surface area contributed by atoms with Gasteiger partial charge in [-0.15, -0.1) is 0 Å². The van der Waals surface area contributed by atoms with E-state index in [9.17, 15) is 14.9 Å². The minimum atomic E-state index is -0.410. The van der Waals surface area contributed by atoms with Crippen LogP contribution in [0.25, 0.3) is 11.0 Å². The van der Waals surface area contributed by atoms with E-state index in [1.807, 2.05) is 32.9 Å². The standard InChI is InChI=1S/C19H20N4O3/c1-13-9-14(2)18(15(3)10-13)22(12-24)8-7-21-11-20-16-5-4-6-17(19(16)21)23(25)26/h4-6,9-12H,7-8H2,1-3H3. The monoisotopic (exact) mass is 352 g/mol. The van der Waals surface area contributed by atoms with E-state index in [2.05, 4.69) is 4.98 Å². The Bertz CT molecular complexity index is 971. The van der Waals surface area contributed by atoms with Crippen molar-refractivity contribution in [2.45, 2.75) is 27.3 Å². The first-order valence-corrected chi connectivity index (χ1v) is 8.30. The zero-order valence-electron chi connectivity index (χ0n) is 15.0. The van der Waals surface area contributed by atoms with E-state index >= 15 is 0 Å². The van der Waals surface area contributed by atoms with Gasteiger partial charge < -0.3 is 9.47 Å². The first kappa shape index (κ1) is 17.6. The average Bonchev–Trinajstić information content (AvgIpc) is 3.00. The number of carbonyl (C=O) groups is 1. The highest BCUT2D eigenvalue weighted by Gasteiger charge is 2.18. The first-order valence-electron chi connectivity index (χ1n) is 8.30. The lowest BCUT2D eigenvalue weighted by Crippen LogP contribution is -2.27. The number of nitro benzene ring substituents is 1. The van der Waals surface area contributed by atoms with Gasteiger partial charge in [-0.3, -0.25) is 14.9 Å². The molecular formula is C19H20N4O3. The molecule has 1 aromatic heterocycles. The molecule has 0 aliphatic carbocycles. The number of non-ortho nitro benzene ring substituents is 1. The number of carbonyl (C=O) groups excluding carboxylic acids is 1. The summed E-state index contributed by atoms with van der Waals surface area (Å²) in [5.41, 5.74) is 5.13. The van der Waals surface area contributed by atoms with Gasteiger partial charge in [0.25, 0.3) is 5.69 Å². The third kappa shape index (κ3) is 3.15. The van der Waals surface area contributed by atoms with Gasteiger partial charge in [0, 0.05) is 24.8 Å². The number of aryl methyl sites for hydroxylation is 3. The Labute approximate surface area is 151 Å². The lowest BCUT2D eigenvalue weighted by Gasteiger charge is -2.23. The molecule has 0 radical (unpaired) electrons. The molecule has 0 N–H and O–H groups in total. The topological polar surface area (TPSA) is 81.3 Å². The maximum absolute atomic E-state index is 11.7. The van der Waals surface area contributed by atoms with Crippen molar-refractivity contribution in [3.63, 3.8) is 0 Å². The van der Waals surface area contributed by atoms with Crippen LogP contribution in [-0.4, -0.2) is 27.4 Å². The Morgan fingerprint density at radius 1 is 1.23 bits per heavy atom. The van der Waals surface area contributed by atoms with Crippen molar-refractivity contribution < 1.29 is 9.72 Å². The molecule has 0 unspecified atom stereocenters. The average molecular weight is 352 g/mol. The number of benzene rings is 2. The number of nitrogens with zero attached hydrogens (tertiary/aromatic N) is 4. The van der Waals surface area contributed by atoms with E-state index in [4.69, 9.17) is 0 Å². The van der Waals surface area contributed by atoms with Crippen LogP contribution in [0.4, 0.5) is 11.4 Å². The normalized spacial score (nSPS) is 10.9. The van der Waals surface area contributed by atoms with Gasteiger partial charge in [-0.05, 0) is 38.0 Å². The highest BCUT2D eigenvalue weighted by Crippen LogP contribution is 2.27. The van der Waals surface area contributed by atoms with E-state index in [1.54, 1.807) is 27.9 Å². The molecule has 7 heteroatoms. The predicted octanol–water partition coefficient (Wildman–Crippen LogP) is 3.53. The summed E-state index contributed by atoms with van der Waals surface area (Å²) in [7, 11) is 0. The first-order chi connectivity index (χ1) is 12.4. The summed E-state index contributed by atoms with van der Waals surface area (Å²) in [6, 6.07) is 8.90. The number of anilines is 1. The summed E-state index contributed by atoms with van der Waals surface area (Å²) >= 11 is 0. The summed E-state index contributed by atoms with van der Waals surface area (Å²) in [4.78, 5) is 28.5. The zero-order valence-corrected chi connectivity index (χ0v) is 15.0. The van der Waals surface area contributed by atoms with Crippen molar-refractivity contribution in [2.75, 3.05) is 11.4 Å². The van der Waals surface area contributed by atoms with Gasteiger partial charge in [-0.2, -0.15) is 0 Å². The highest BCUT2D eigenvalue weighted by molar-refractivity contribution is 5.85. The SMILES string of the molecule is Cc1cc(C)c(N(C=O)CCn2cnc3cccc([N+](=O)[O-])c32)c(C)c1. The van der Waals surface area contributed by atoms with E-state index < -0.39 is 4.92 Å². The fourth-order valence-electron chi connectivity index (χ4n) is 3.48. The minimum Gasteiger partial charge on any atom is -0.323 e. The molecule has 0 aliphatic heterocycles. The number of aromatic nitrogens is 2. The van der Waals surface area contributed by atoms with Gasteiger partial charge in [0.05, 0.1) is 16.8 Å². The van der Waals surface area contributed by atoms with Gasteiger partial charge in [0.1, 0.15) is 5.52 Å². The number of hydrogen-bond donors (Lipinski definition) is 0. The molecule has 2 aromatic carbocycles. The molecule has 0 saturated heterocycles. The number of nitro groups is 1. The van der Waals surface area contributed by atoms with Crippen LogP contribution in [0.15, 0.2) is 36.7 Å². The lowest BCUT2D eigenvalue weighted by molar-refractivity contribution is -0.383. The zero-order chi connectivity index (χ0) is 18.8. The van der Waals surface area contributed by atoms with Crippen LogP contribution in [0.2, 0.25) is 0 Å². The Morgan fingerprint density at radius 3 is 2.54 bits per heavy atom. The van der Waals surface area contributed by atoms with Crippen LogP contribution >= 0.6 is 0 Å². The van der Waals surface area contributed by atoms with Crippen molar-refractivity contribution in [1.82, 2.24) is 9.55 Å². The molecule has 134 valence electrons. The molecular weight excluding hydrogens is 332 g/mol. The molecule has 1 heterocycles. The lowest BCUT2D eigenvalue weighted by atomic mass is 10.0. The molecule has 0 atom stereocenters. The smallest absolute Gasteiger partial charge is 0.295 e. The van der Waals surface area contributed by atoms with E-state index in [0.29, 0.717) is 24.1 Å². The third-order valence-electron chi connectivity index (χ3n) is 4.45. The molecule has 0 spiro atoms. The second-order valence-electron chi connectivity index (χ2n) is 6.39. The van der Waals surface area contributed by atoms with Crippen LogP contribution < -0.4 is 4.90 Å². The molecule has 3 aromatic rings. The van der Waals surface area contributed by atoms with Crippen LogP contribution in [0.5, 0.6) is 0 Å². The number of amides is 1. The van der Waals surface area contributed by atoms with Gasteiger partial charge in [0.15, 0.2) is 0 Å². The molecule has 26 heavy (non-hydrogen) atoms. The number of para-hydroxylation sites is 1. The molecule has 0 saturated carbocycles. The molecule has 1 amide bonds. The predicted molar refractivity (Wildman–Crippen MR) is 100 cm³/mol. The van der Waals surface area contributed by atoms with Crippen LogP contribution in [0, 0.1) is 30.9 Å². The van der Waals surface area contributed by atoms with Gasteiger partial charge in [-0.25, -0.2) is 4.98 Å².